The van der Waals surface area contributed by atoms with Crippen LogP contribution in [0.3, 0.4) is 0 Å². The average Bonchev–Trinajstić information content (AvgIpc) is 2.77. The van der Waals surface area contributed by atoms with Crippen LogP contribution in [0.1, 0.15) is 28.9 Å². The zero-order valence-corrected chi connectivity index (χ0v) is 20.6. The van der Waals surface area contributed by atoms with Gasteiger partial charge < -0.3 is 25.0 Å². The molecule has 1 aliphatic rings. The highest BCUT2D eigenvalue weighted by Crippen LogP contribution is 2.31. The van der Waals surface area contributed by atoms with E-state index in [4.69, 9.17) is 44.9 Å². The number of ether oxygens (including phenoxy) is 2. The number of hydrogen-bond donors (Lipinski definition) is 2. The molecule has 0 aromatic heterocycles. The lowest BCUT2D eigenvalue weighted by Gasteiger charge is -2.35. The van der Waals surface area contributed by atoms with E-state index in [0.717, 1.165) is 5.56 Å². The lowest BCUT2D eigenvalue weighted by molar-refractivity contribution is -0.140. The van der Waals surface area contributed by atoms with Crippen molar-refractivity contribution in [3.8, 4) is 0 Å². The van der Waals surface area contributed by atoms with Gasteiger partial charge in [0.2, 0.25) is 0 Å². The minimum absolute atomic E-state index is 0.144. The van der Waals surface area contributed by atoms with E-state index in [1.165, 1.54) is 13.2 Å². The molecule has 0 bridgehead atoms. The smallest absolute Gasteiger partial charge is 0.338 e. The van der Waals surface area contributed by atoms with E-state index in [2.05, 4.69) is 10.6 Å². The molecule has 1 aliphatic heterocycles. The van der Waals surface area contributed by atoms with Crippen molar-refractivity contribution < 1.29 is 19.1 Å². The number of thiocarbonyl (C=S) groups is 1. The Hall–Kier alpha value is -2.65. The lowest BCUT2D eigenvalue weighted by Crippen LogP contribution is -2.46. The molecule has 7 nitrogen and oxygen atoms in total. The zero-order chi connectivity index (χ0) is 24.1. The molecule has 0 saturated carbocycles. The molecular formula is C23H23Cl2N3O4S. The number of hydrogen-bond acceptors (Lipinski definition) is 5. The van der Waals surface area contributed by atoms with E-state index in [0.29, 0.717) is 39.3 Å². The van der Waals surface area contributed by atoms with Crippen LogP contribution in [0.2, 0.25) is 10.0 Å². The summed E-state index contributed by atoms with van der Waals surface area (Å²) in [5, 5.41) is 7.18. The molecular weight excluding hydrogens is 485 g/mol. The van der Waals surface area contributed by atoms with Gasteiger partial charge in [0.15, 0.2) is 5.11 Å². The second kappa shape index (κ2) is 11.0. The number of nitrogens with one attached hydrogen (secondary N) is 2. The second-order valence-corrected chi connectivity index (χ2v) is 8.50. The number of esters is 1. The molecule has 174 valence electrons. The number of anilines is 1. The molecule has 2 aromatic carbocycles. The number of carbonyl (C=O) groups excluding carboxylic acids is 2. The molecule has 0 spiro atoms. The summed E-state index contributed by atoms with van der Waals surface area (Å²) in [5.41, 5.74) is 2.81. The van der Waals surface area contributed by atoms with Gasteiger partial charge in [-0.15, -0.1) is 0 Å². The monoisotopic (exact) mass is 507 g/mol. The highest BCUT2D eigenvalue weighted by atomic mass is 35.5. The predicted octanol–water partition coefficient (Wildman–Crippen LogP) is 4.57. The Bertz CT molecular complexity index is 1110. The molecule has 1 amide bonds. The Labute approximate surface area is 207 Å². The first kappa shape index (κ1) is 25.0. The molecule has 0 aliphatic carbocycles. The highest BCUT2D eigenvalue weighted by molar-refractivity contribution is 7.80. The van der Waals surface area contributed by atoms with Gasteiger partial charge in [-0.2, -0.15) is 0 Å². The van der Waals surface area contributed by atoms with Crippen molar-refractivity contribution in [2.75, 3.05) is 32.7 Å². The number of amides is 1. The standard InChI is InChI=1S/C23H23Cl2N3O4S/c1-13-19(22(30)32-11-10-31-3)20(27-23(33)28(13)2)14-4-7-16(8-5-14)26-21(29)17-9-6-15(24)12-18(17)25/h4-9,12,20H,10-11H2,1-3H3,(H,26,29)(H,27,33). The first-order valence-corrected chi connectivity index (χ1v) is 11.2. The van der Waals surface area contributed by atoms with Crippen molar-refractivity contribution in [3.05, 3.63) is 74.9 Å². The quantitative estimate of drug-likeness (QED) is 0.322. The third-order valence-corrected chi connectivity index (χ3v) is 6.11. The fourth-order valence-electron chi connectivity index (χ4n) is 3.28. The molecule has 2 aromatic rings. The van der Waals surface area contributed by atoms with Gasteiger partial charge in [0.25, 0.3) is 5.91 Å². The molecule has 1 atom stereocenters. The molecule has 2 N–H and O–H groups in total. The van der Waals surface area contributed by atoms with Crippen LogP contribution in [0.4, 0.5) is 5.69 Å². The van der Waals surface area contributed by atoms with Crippen molar-refractivity contribution in [3.63, 3.8) is 0 Å². The number of methoxy groups -OCH3 is 1. The van der Waals surface area contributed by atoms with Crippen LogP contribution in [-0.4, -0.2) is 49.3 Å². The van der Waals surface area contributed by atoms with Crippen LogP contribution in [0.15, 0.2) is 53.7 Å². The molecule has 1 heterocycles. The minimum atomic E-state index is -0.501. The molecule has 33 heavy (non-hydrogen) atoms. The summed E-state index contributed by atoms with van der Waals surface area (Å²) in [4.78, 5) is 27.1. The molecule has 0 fully saturated rings. The van der Waals surface area contributed by atoms with Crippen molar-refractivity contribution in [1.29, 1.82) is 0 Å². The van der Waals surface area contributed by atoms with Crippen LogP contribution in [0, 0.1) is 0 Å². The fourth-order valence-corrected chi connectivity index (χ4v) is 4.03. The van der Waals surface area contributed by atoms with Gasteiger partial charge in [-0.3, -0.25) is 4.79 Å². The van der Waals surface area contributed by atoms with Gasteiger partial charge >= 0.3 is 5.97 Å². The van der Waals surface area contributed by atoms with E-state index in [9.17, 15) is 9.59 Å². The van der Waals surface area contributed by atoms with Gasteiger partial charge in [-0.05, 0) is 55.0 Å². The highest BCUT2D eigenvalue weighted by Gasteiger charge is 2.33. The summed E-state index contributed by atoms with van der Waals surface area (Å²) in [5.74, 6) is -0.813. The number of rotatable bonds is 7. The van der Waals surface area contributed by atoms with Crippen LogP contribution in [-0.2, 0) is 14.3 Å². The largest absolute Gasteiger partial charge is 0.460 e. The van der Waals surface area contributed by atoms with E-state index in [1.807, 2.05) is 6.92 Å². The summed E-state index contributed by atoms with van der Waals surface area (Å²) in [7, 11) is 3.32. The Balaban J connectivity index is 1.82. The lowest BCUT2D eigenvalue weighted by atomic mass is 9.95. The maximum absolute atomic E-state index is 12.8. The molecule has 0 radical (unpaired) electrons. The van der Waals surface area contributed by atoms with E-state index >= 15 is 0 Å². The minimum Gasteiger partial charge on any atom is -0.460 e. The SMILES string of the molecule is COCCOC(=O)C1=C(C)N(C)C(=S)NC1c1ccc(NC(=O)c2ccc(Cl)cc2Cl)cc1. The number of allylic oxidation sites excluding steroid dienone is 1. The van der Waals surface area contributed by atoms with Gasteiger partial charge in [-0.1, -0.05) is 35.3 Å². The average molecular weight is 508 g/mol. The maximum atomic E-state index is 12.8. The summed E-state index contributed by atoms with van der Waals surface area (Å²) in [6, 6.07) is 11.3. The van der Waals surface area contributed by atoms with Crippen molar-refractivity contribution >= 4 is 58.1 Å². The van der Waals surface area contributed by atoms with E-state index < -0.39 is 12.0 Å². The normalized spacial score (nSPS) is 15.8. The number of halogens is 2. The Morgan fingerprint density at radius 2 is 1.85 bits per heavy atom. The van der Waals surface area contributed by atoms with Crippen LogP contribution in [0.25, 0.3) is 0 Å². The van der Waals surface area contributed by atoms with Gasteiger partial charge in [0.05, 0.1) is 28.8 Å². The summed E-state index contributed by atoms with van der Waals surface area (Å²) >= 11 is 17.4. The summed E-state index contributed by atoms with van der Waals surface area (Å²) in [6.07, 6.45) is 0. The van der Waals surface area contributed by atoms with Crippen LogP contribution in [0.5, 0.6) is 0 Å². The summed E-state index contributed by atoms with van der Waals surface area (Å²) < 4.78 is 10.3. The first-order valence-electron chi connectivity index (χ1n) is 10.00. The van der Waals surface area contributed by atoms with E-state index in [1.54, 1.807) is 48.3 Å². The molecule has 10 heteroatoms. The Kier molecular flexibility index (Phi) is 8.31. The van der Waals surface area contributed by atoms with Gasteiger partial charge in [-0.25, -0.2) is 4.79 Å². The van der Waals surface area contributed by atoms with Crippen LogP contribution >= 0.6 is 35.4 Å². The zero-order valence-electron chi connectivity index (χ0n) is 18.3. The fraction of sp³-hybridized carbons (Fsp3) is 0.261. The van der Waals surface area contributed by atoms with Gasteiger partial charge in [0.1, 0.15) is 6.61 Å². The topological polar surface area (TPSA) is 79.9 Å². The van der Waals surface area contributed by atoms with Crippen molar-refractivity contribution in [2.24, 2.45) is 0 Å². The van der Waals surface area contributed by atoms with Crippen molar-refractivity contribution in [1.82, 2.24) is 10.2 Å². The third kappa shape index (κ3) is 5.83. The maximum Gasteiger partial charge on any atom is 0.338 e. The number of carbonyl (C=O) groups is 2. The first-order chi connectivity index (χ1) is 15.7. The Morgan fingerprint density at radius 1 is 1.15 bits per heavy atom. The number of nitrogens with zero attached hydrogens (tertiary/aromatic N) is 1. The molecule has 0 saturated heterocycles. The number of benzene rings is 2. The Morgan fingerprint density at radius 3 is 2.48 bits per heavy atom. The summed E-state index contributed by atoms with van der Waals surface area (Å²) in [6.45, 7) is 2.26. The predicted molar refractivity (Wildman–Crippen MR) is 133 cm³/mol. The van der Waals surface area contributed by atoms with E-state index in [-0.39, 0.29) is 17.5 Å². The molecule has 3 rings (SSSR count). The molecule has 1 unspecified atom stereocenters. The van der Waals surface area contributed by atoms with Gasteiger partial charge in [0, 0.05) is 30.6 Å². The van der Waals surface area contributed by atoms with Crippen molar-refractivity contribution in [2.45, 2.75) is 13.0 Å². The third-order valence-electron chi connectivity index (χ3n) is 5.17. The second-order valence-electron chi connectivity index (χ2n) is 7.27. The van der Waals surface area contributed by atoms with Crippen LogP contribution < -0.4 is 10.6 Å².